The van der Waals surface area contributed by atoms with Crippen LogP contribution in [0.1, 0.15) is 31.7 Å². The van der Waals surface area contributed by atoms with Gasteiger partial charge in [-0.2, -0.15) is 4.31 Å². The second-order valence-corrected chi connectivity index (χ2v) is 8.98. The van der Waals surface area contributed by atoms with Gasteiger partial charge in [0.15, 0.2) is 0 Å². The fourth-order valence-corrected chi connectivity index (χ4v) is 5.02. The molecule has 2 aliphatic heterocycles. The zero-order chi connectivity index (χ0) is 18.9. The Morgan fingerprint density at radius 1 is 1.19 bits per heavy atom. The van der Waals surface area contributed by atoms with Crippen LogP contribution in [-0.4, -0.2) is 68.6 Å². The summed E-state index contributed by atoms with van der Waals surface area (Å²) in [5.41, 5.74) is 1.02. The number of amides is 1. The minimum absolute atomic E-state index is 0.0933. The van der Waals surface area contributed by atoms with Gasteiger partial charge in [-0.1, -0.05) is 26.0 Å². The Labute approximate surface area is 154 Å². The second-order valence-electron chi connectivity index (χ2n) is 7.08. The van der Waals surface area contributed by atoms with Gasteiger partial charge in [0.05, 0.1) is 18.1 Å². The SMILES string of the molecule is CC(C)c1ccc(S(=O)(=O)N2C[C@@H](F)C[C@H]2C(=O)N2CCOCC2)cc1. The minimum Gasteiger partial charge on any atom is -0.378 e. The van der Waals surface area contributed by atoms with Gasteiger partial charge in [-0.3, -0.25) is 4.79 Å². The van der Waals surface area contributed by atoms with Gasteiger partial charge < -0.3 is 9.64 Å². The van der Waals surface area contributed by atoms with E-state index in [4.69, 9.17) is 4.74 Å². The fourth-order valence-electron chi connectivity index (χ4n) is 3.40. The molecular formula is C18H25FN2O4S. The first kappa shape index (κ1) is 19.3. The van der Waals surface area contributed by atoms with Crippen molar-refractivity contribution < 1.29 is 22.3 Å². The highest BCUT2D eigenvalue weighted by molar-refractivity contribution is 7.89. The maximum absolute atomic E-state index is 14.1. The van der Waals surface area contributed by atoms with Gasteiger partial charge in [-0.15, -0.1) is 0 Å². The standard InChI is InChI=1S/C18H25FN2O4S/c1-13(2)14-3-5-16(6-4-14)26(23,24)21-12-15(19)11-17(21)18(22)20-7-9-25-10-8-20/h3-6,13,15,17H,7-12H2,1-2H3/t15-,17-/m0/s1. The number of sulfonamides is 1. The number of hydrogen-bond acceptors (Lipinski definition) is 4. The molecule has 0 unspecified atom stereocenters. The number of ether oxygens (including phenoxy) is 1. The number of halogens is 1. The maximum Gasteiger partial charge on any atom is 0.243 e. The van der Waals surface area contributed by atoms with Crippen LogP contribution in [0.15, 0.2) is 29.2 Å². The Morgan fingerprint density at radius 3 is 2.38 bits per heavy atom. The van der Waals surface area contributed by atoms with Crippen molar-refractivity contribution in [2.24, 2.45) is 0 Å². The monoisotopic (exact) mass is 384 g/mol. The summed E-state index contributed by atoms with van der Waals surface area (Å²) in [6.45, 7) is 5.41. The van der Waals surface area contributed by atoms with Gasteiger partial charge in [0, 0.05) is 26.1 Å². The van der Waals surface area contributed by atoms with Crippen molar-refractivity contribution in [1.82, 2.24) is 9.21 Å². The zero-order valence-corrected chi connectivity index (χ0v) is 15.9. The highest BCUT2D eigenvalue weighted by Crippen LogP contribution is 2.30. The molecule has 0 spiro atoms. The highest BCUT2D eigenvalue weighted by atomic mass is 32.2. The molecule has 26 heavy (non-hydrogen) atoms. The van der Waals surface area contributed by atoms with Crippen LogP contribution >= 0.6 is 0 Å². The first-order valence-electron chi connectivity index (χ1n) is 8.93. The number of benzene rings is 1. The summed E-state index contributed by atoms with van der Waals surface area (Å²) in [6, 6.07) is 5.61. The predicted octanol–water partition coefficient (Wildman–Crippen LogP) is 1.77. The number of hydrogen-bond donors (Lipinski definition) is 0. The van der Waals surface area contributed by atoms with Crippen molar-refractivity contribution in [1.29, 1.82) is 0 Å². The van der Waals surface area contributed by atoms with Crippen LogP contribution in [0.3, 0.4) is 0 Å². The van der Waals surface area contributed by atoms with Gasteiger partial charge >= 0.3 is 0 Å². The fraction of sp³-hybridized carbons (Fsp3) is 0.611. The predicted molar refractivity (Wildman–Crippen MR) is 95.1 cm³/mol. The molecule has 2 heterocycles. The number of carbonyl (C=O) groups excluding carboxylic acids is 1. The molecule has 0 radical (unpaired) electrons. The summed E-state index contributed by atoms with van der Waals surface area (Å²) < 4.78 is 46.4. The third kappa shape index (κ3) is 3.77. The lowest BCUT2D eigenvalue weighted by Crippen LogP contribution is -2.50. The Kier molecular flexibility index (Phi) is 5.64. The molecule has 0 bridgehead atoms. The topological polar surface area (TPSA) is 66.9 Å². The number of carbonyl (C=O) groups is 1. The molecule has 1 aromatic rings. The first-order chi connectivity index (χ1) is 12.3. The summed E-state index contributed by atoms with van der Waals surface area (Å²) in [4.78, 5) is 14.4. The minimum atomic E-state index is -3.93. The van der Waals surface area contributed by atoms with E-state index in [1.165, 1.54) is 12.1 Å². The number of nitrogens with zero attached hydrogens (tertiary/aromatic N) is 2. The molecule has 2 fully saturated rings. The van der Waals surface area contributed by atoms with E-state index in [9.17, 15) is 17.6 Å². The molecule has 0 N–H and O–H groups in total. The highest BCUT2D eigenvalue weighted by Gasteiger charge is 2.45. The van der Waals surface area contributed by atoms with E-state index in [-0.39, 0.29) is 29.7 Å². The Balaban J connectivity index is 1.85. The van der Waals surface area contributed by atoms with E-state index in [1.54, 1.807) is 17.0 Å². The molecule has 1 aromatic carbocycles. The third-order valence-electron chi connectivity index (χ3n) is 4.97. The van der Waals surface area contributed by atoms with Gasteiger partial charge in [0.2, 0.25) is 15.9 Å². The molecule has 0 aromatic heterocycles. The number of rotatable bonds is 4. The largest absolute Gasteiger partial charge is 0.378 e. The number of alkyl halides is 1. The molecule has 1 amide bonds. The molecule has 0 aliphatic carbocycles. The Morgan fingerprint density at radius 2 is 1.81 bits per heavy atom. The maximum atomic E-state index is 14.1. The van der Waals surface area contributed by atoms with E-state index in [0.717, 1.165) is 9.87 Å². The number of morpholine rings is 1. The van der Waals surface area contributed by atoms with Gasteiger partial charge in [-0.05, 0) is 23.6 Å². The molecule has 144 valence electrons. The Hall–Kier alpha value is -1.51. The van der Waals surface area contributed by atoms with Gasteiger partial charge in [0.1, 0.15) is 12.2 Å². The molecule has 6 nitrogen and oxygen atoms in total. The van der Waals surface area contributed by atoms with Crippen LogP contribution in [-0.2, 0) is 19.6 Å². The van der Waals surface area contributed by atoms with Crippen LogP contribution < -0.4 is 0 Å². The van der Waals surface area contributed by atoms with Crippen LogP contribution in [0.4, 0.5) is 4.39 Å². The van der Waals surface area contributed by atoms with Crippen molar-refractivity contribution >= 4 is 15.9 Å². The van der Waals surface area contributed by atoms with Crippen molar-refractivity contribution in [3.63, 3.8) is 0 Å². The molecule has 2 atom stereocenters. The molecule has 3 rings (SSSR count). The second kappa shape index (κ2) is 7.62. The molecule has 8 heteroatoms. The van der Waals surface area contributed by atoms with Crippen molar-refractivity contribution in [2.75, 3.05) is 32.8 Å². The summed E-state index contributed by atoms with van der Waals surface area (Å²) in [5.74, 6) is -0.0553. The van der Waals surface area contributed by atoms with Gasteiger partial charge in [0.25, 0.3) is 0 Å². The molecule has 2 saturated heterocycles. The summed E-state index contributed by atoms with van der Waals surface area (Å²) in [7, 11) is -3.93. The zero-order valence-electron chi connectivity index (χ0n) is 15.1. The lowest BCUT2D eigenvalue weighted by atomic mass is 10.0. The van der Waals surface area contributed by atoms with Crippen LogP contribution in [0, 0.1) is 0 Å². The molecule has 0 saturated carbocycles. The van der Waals surface area contributed by atoms with Crippen LogP contribution in [0.25, 0.3) is 0 Å². The van der Waals surface area contributed by atoms with E-state index in [1.807, 2.05) is 13.8 Å². The summed E-state index contributed by atoms with van der Waals surface area (Å²) in [5, 5.41) is 0. The average molecular weight is 384 g/mol. The van der Waals surface area contributed by atoms with Crippen molar-refractivity contribution in [3.8, 4) is 0 Å². The summed E-state index contributed by atoms with van der Waals surface area (Å²) in [6.07, 6.45) is -1.44. The average Bonchev–Trinajstić information content (AvgIpc) is 3.04. The first-order valence-corrected chi connectivity index (χ1v) is 10.4. The lowest BCUT2D eigenvalue weighted by Gasteiger charge is -2.32. The van der Waals surface area contributed by atoms with Crippen molar-refractivity contribution in [2.45, 2.75) is 43.3 Å². The smallest absolute Gasteiger partial charge is 0.243 e. The molecule has 2 aliphatic rings. The van der Waals surface area contributed by atoms with Crippen LogP contribution in [0.5, 0.6) is 0 Å². The Bertz CT molecular complexity index is 745. The quantitative estimate of drug-likeness (QED) is 0.794. The molecular weight excluding hydrogens is 359 g/mol. The van der Waals surface area contributed by atoms with Crippen LogP contribution in [0.2, 0.25) is 0 Å². The van der Waals surface area contributed by atoms with E-state index < -0.39 is 22.2 Å². The normalized spacial score (nSPS) is 25.0. The van der Waals surface area contributed by atoms with Crippen molar-refractivity contribution in [3.05, 3.63) is 29.8 Å². The third-order valence-corrected chi connectivity index (χ3v) is 6.85. The lowest BCUT2D eigenvalue weighted by molar-refractivity contribution is -0.138. The summed E-state index contributed by atoms with van der Waals surface area (Å²) >= 11 is 0. The van der Waals surface area contributed by atoms with E-state index in [2.05, 4.69) is 0 Å². The van der Waals surface area contributed by atoms with E-state index in [0.29, 0.717) is 26.3 Å². The van der Waals surface area contributed by atoms with E-state index >= 15 is 0 Å². The van der Waals surface area contributed by atoms with Gasteiger partial charge in [-0.25, -0.2) is 12.8 Å².